The number of ether oxygens (including phenoxy) is 1. The highest BCUT2D eigenvalue weighted by atomic mass is 16.5. The zero-order valence-corrected chi connectivity index (χ0v) is 19.6. The van der Waals surface area contributed by atoms with Crippen molar-refractivity contribution < 1.29 is 14.6 Å². The Bertz CT molecular complexity index is 992. The predicted molar refractivity (Wildman–Crippen MR) is 127 cm³/mol. The molecule has 0 saturated carbocycles. The van der Waals surface area contributed by atoms with Crippen molar-refractivity contribution in [3.05, 3.63) is 65.5 Å². The van der Waals surface area contributed by atoms with Gasteiger partial charge >= 0.3 is 5.97 Å². The second-order valence-electron chi connectivity index (χ2n) is 8.44. The van der Waals surface area contributed by atoms with E-state index in [1.54, 1.807) is 7.11 Å². The van der Waals surface area contributed by atoms with Crippen molar-refractivity contribution in [2.24, 2.45) is 5.92 Å². The molecule has 2 N–H and O–H groups in total. The summed E-state index contributed by atoms with van der Waals surface area (Å²) in [6, 6.07) is 16.8. The Morgan fingerprint density at radius 1 is 1.15 bits per heavy atom. The average Bonchev–Trinajstić information content (AvgIpc) is 3.35. The average molecular weight is 452 g/mol. The number of nitrogens with zero attached hydrogens (tertiary/aromatic N) is 4. The van der Waals surface area contributed by atoms with Crippen molar-refractivity contribution in [2.45, 2.75) is 38.6 Å². The molecule has 0 aliphatic rings. The third kappa shape index (κ3) is 6.94. The van der Waals surface area contributed by atoms with Crippen molar-refractivity contribution in [1.29, 1.82) is 0 Å². The number of likely N-dealkylation sites (N-methyl/N-ethyl adjacent to an activating group) is 1. The Labute approximate surface area is 195 Å². The molecule has 8 nitrogen and oxygen atoms in total. The van der Waals surface area contributed by atoms with Crippen LogP contribution >= 0.6 is 0 Å². The summed E-state index contributed by atoms with van der Waals surface area (Å²) >= 11 is 0. The molecule has 0 amide bonds. The summed E-state index contributed by atoms with van der Waals surface area (Å²) in [5.41, 5.74) is 4.57. The summed E-state index contributed by atoms with van der Waals surface area (Å²) in [5, 5.41) is 24.1. The maximum atomic E-state index is 11.9. The van der Waals surface area contributed by atoms with E-state index in [0.29, 0.717) is 25.3 Å². The minimum absolute atomic E-state index is 0.335. The van der Waals surface area contributed by atoms with Gasteiger partial charge in [-0.1, -0.05) is 61.0 Å². The van der Waals surface area contributed by atoms with Crippen molar-refractivity contribution in [1.82, 2.24) is 25.5 Å². The van der Waals surface area contributed by atoms with Gasteiger partial charge in [0.15, 0.2) is 5.82 Å². The standard InChI is InChI=1S/C25H33N5O3/c1-4-6-22(25(31)32)23(24-26-28-29-27-24)16-18-9-11-20(12-10-18)21-8-5-7-19(15-21)17-30(2)13-14-33-3/h5,7-12,15,22-23H,4,6,13-14,16-17H2,1-3H3,(H,31,32)(H,26,27,28,29)/t22-,23-/m0/s1. The molecule has 1 heterocycles. The number of carboxylic acid groups (broad SMARTS) is 1. The van der Waals surface area contributed by atoms with Crippen LogP contribution in [0.4, 0.5) is 0 Å². The number of H-pyrrole nitrogens is 1. The molecule has 2 aromatic carbocycles. The van der Waals surface area contributed by atoms with Crippen LogP contribution < -0.4 is 0 Å². The number of aromatic amines is 1. The number of carboxylic acids is 1. The Morgan fingerprint density at radius 3 is 2.58 bits per heavy atom. The highest BCUT2D eigenvalue weighted by molar-refractivity contribution is 5.71. The van der Waals surface area contributed by atoms with Gasteiger partial charge in [-0.15, -0.1) is 10.2 Å². The maximum absolute atomic E-state index is 11.9. The van der Waals surface area contributed by atoms with Gasteiger partial charge in [0.05, 0.1) is 12.5 Å². The molecule has 0 unspecified atom stereocenters. The predicted octanol–water partition coefficient (Wildman–Crippen LogP) is 3.77. The van der Waals surface area contributed by atoms with Crippen LogP contribution in [0.5, 0.6) is 0 Å². The lowest BCUT2D eigenvalue weighted by atomic mass is 9.83. The van der Waals surface area contributed by atoms with Gasteiger partial charge in [-0.05, 0) is 48.2 Å². The Hall–Kier alpha value is -3.10. The lowest BCUT2D eigenvalue weighted by Gasteiger charge is -2.21. The molecule has 3 rings (SSSR count). The lowest BCUT2D eigenvalue weighted by Crippen LogP contribution is -2.25. The van der Waals surface area contributed by atoms with Crippen molar-refractivity contribution >= 4 is 5.97 Å². The van der Waals surface area contributed by atoms with E-state index in [2.05, 4.69) is 81.1 Å². The SMILES string of the molecule is CCC[C@H](C(=O)O)[C@H](Cc1ccc(-c2cccc(CN(C)CCOC)c2)cc1)c1nn[nH]n1. The Kier molecular flexibility index (Phi) is 9.09. The highest BCUT2D eigenvalue weighted by Gasteiger charge is 2.31. The van der Waals surface area contributed by atoms with Gasteiger partial charge in [-0.2, -0.15) is 5.21 Å². The van der Waals surface area contributed by atoms with Gasteiger partial charge in [0.2, 0.25) is 0 Å². The summed E-state index contributed by atoms with van der Waals surface area (Å²) in [6.07, 6.45) is 1.89. The van der Waals surface area contributed by atoms with E-state index in [9.17, 15) is 9.90 Å². The molecular formula is C25H33N5O3. The van der Waals surface area contributed by atoms with Crippen molar-refractivity contribution in [3.8, 4) is 11.1 Å². The molecule has 2 atom stereocenters. The van der Waals surface area contributed by atoms with E-state index in [-0.39, 0.29) is 5.92 Å². The first-order chi connectivity index (χ1) is 16.0. The molecular weight excluding hydrogens is 418 g/mol. The monoisotopic (exact) mass is 451 g/mol. The summed E-state index contributed by atoms with van der Waals surface area (Å²) in [7, 11) is 3.80. The third-order valence-electron chi connectivity index (χ3n) is 5.90. The Morgan fingerprint density at radius 2 is 1.94 bits per heavy atom. The number of hydrogen-bond donors (Lipinski definition) is 2. The molecule has 3 aromatic rings. The number of nitrogens with one attached hydrogen (secondary N) is 1. The van der Waals surface area contributed by atoms with Crippen molar-refractivity contribution in [2.75, 3.05) is 27.3 Å². The van der Waals surface area contributed by atoms with Crippen LogP contribution in [-0.4, -0.2) is 63.9 Å². The number of hydrogen-bond acceptors (Lipinski definition) is 6. The van der Waals surface area contributed by atoms with Crippen molar-refractivity contribution in [3.63, 3.8) is 0 Å². The summed E-state index contributed by atoms with van der Waals surface area (Å²) < 4.78 is 5.16. The van der Waals surface area contributed by atoms with Crippen LogP contribution in [0, 0.1) is 5.92 Å². The van der Waals surface area contributed by atoms with E-state index >= 15 is 0 Å². The molecule has 0 radical (unpaired) electrons. The number of methoxy groups -OCH3 is 1. The quantitative estimate of drug-likeness (QED) is 0.408. The van der Waals surface area contributed by atoms with Crippen LogP contribution in [0.1, 0.15) is 42.6 Å². The van der Waals surface area contributed by atoms with E-state index < -0.39 is 11.9 Å². The van der Waals surface area contributed by atoms with Gasteiger partial charge in [-0.3, -0.25) is 9.69 Å². The normalized spacial score (nSPS) is 13.2. The van der Waals surface area contributed by atoms with Gasteiger partial charge in [0.25, 0.3) is 0 Å². The lowest BCUT2D eigenvalue weighted by molar-refractivity contribution is -0.142. The molecule has 0 bridgehead atoms. The number of aromatic nitrogens is 4. The third-order valence-corrected chi connectivity index (χ3v) is 5.90. The fourth-order valence-corrected chi connectivity index (χ4v) is 4.12. The maximum Gasteiger partial charge on any atom is 0.307 e. The summed E-state index contributed by atoms with van der Waals surface area (Å²) in [4.78, 5) is 14.2. The van der Waals surface area contributed by atoms with E-state index in [1.807, 2.05) is 6.92 Å². The first-order valence-corrected chi connectivity index (χ1v) is 11.3. The molecule has 0 fully saturated rings. The fraction of sp³-hybridized carbons (Fsp3) is 0.440. The summed E-state index contributed by atoms with van der Waals surface area (Å²) in [6.45, 7) is 4.44. The minimum Gasteiger partial charge on any atom is -0.481 e. The zero-order chi connectivity index (χ0) is 23.6. The highest BCUT2D eigenvalue weighted by Crippen LogP contribution is 2.31. The topological polar surface area (TPSA) is 104 Å². The molecule has 176 valence electrons. The molecule has 0 aliphatic heterocycles. The van der Waals surface area contributed by atoms with E-state index in [1.165, 1.54) is 5.56 Å². The second kappa shape index (κ2) is 12.2. The molecule has 8 heteroatoms. The van der Waals surface area contributed by atoms with Crippen LogP contribution in [0.25, 0.3) is 11.1 Å². The number of aliphatic carboxylic acids is 1. The zero-order valence-electron chi connectivity index (χ0n) is 19.6. The molecule has 0 saturated heterocycles. The van der Waals surface area contributed by atoms with Crippen LogP contribution in [0.2, 0.25) is 0 Å². The van der Waals surface area contributed by atoms with Crippen LogP contribution in [-0.2, 0) is 22.5 Å². The number of carbonyl (C=O) groups is 1. The molecule has 33 heavy (non-hydrogen) atoms. The number of rotatable bonds is 13. The summed E-state index contributed by atoms with van der Waals surface area (Å²) in [5.74, 6) is -1.27. The van der Waals surface area contributed by atoms with Gasteiger partial charge in [-0.25, -0.2) is 0 Å². The second-order valence-corrected chi connectivity index (χ2v) is 8.44. The first-order valence-electron chi connectivity index (χ1n) is 11.3. The van der Waals surface area contributed by atoms with E-state index in [4.69, 9.17) is 4.74 Å². The largest absolute Gasteiger partial charge is 0.481 e. The van der Waals surface area contributed by atoms with Gasteiger partial charge < -0.3 is 9.84 Å². The van der Waals surface area contributed by atoms with Crippen LogP contribution in [0.15, 0.2) is 48.5 Å². The molecule has 0 aliphatic carbocycles. The number of tetrazole rings is 1. The van der Waals surface area contributed by atoms with Gasteiger partial charge in [0, 0.05) is 26.1 Å². The fourth-order valence-electron chi connectivity index (χ4n) is 4.12. The minimum atomic E-state index is -0.824. The van der Waals surface area contributed by atoms with Crippen LogP contribution in [0.3, 0.4) is 0 Å². The molecule has 1 aromatic heterocycles. The van der Waals surface area contributed by atoms with Gasteiger partial charge in [0.1, 0.15) is 0 Å². The van der Waals surface area contributed by atoms with E-state index in [0.717, 1.165) is 36.2 Å². The smallest absolute Gasteiger partial charge is 0.307 e. The molecule has 0 spiro atoms. The number of benzene rings is 2. The first kappa shape index (κ1) is 24.5. The Balaban J connectivity index is 1.75.